The number of hydrogen-bond donors (Lipinski definition) is 3. The van der Waals surface area contributed by atoms with Crippen molar-refractivity contribution in [1.82, 2.24) is 20.1 Å². The van der Waals surface area contributed by atoms with Crippen LogP contribution in [0.2, 0.25) is 0 Å². The summed E-state index contributed by atoms with van der Waals surface area (Å²) in [5, 5.41) is 16.7. The quantitative estimate of drug-likeness (QED) is 0.393. The van der Waals surface area contributed by atoms with Crippen LogP contribution in [0.15, 0.2) is 29.1 Å². The van der Waals surface area contributed by atoms with E-state index in [1.54, 1.807) is 54.5 Å². The number of nitrogens with one attached hydrogen (secondary N) is 3. The number of carbonyl (C=O) groups is 3. The van der Waals surface area contributed by atoms with E-state index in [2.05, 4.69) is 10.6 Å². The highest BCUT2D eigenvalue weighted by atomic mass is 32.1. The molecule has 0 radical (unpaired) electrons. The number of nitrogens with zero attached hydrogens (tertiary/aromatic N) is 4. The lowest BCUT2D eigenvalue weighted by atomic mass is 10.2. The number of piperazine rings is 1. The standard InChI is InChI=1S/C24H26F3N7O4S/c1-3-34-22(38)18(39-23(34)17(10-28)21(37)31-14-24(25,26)27)11-30-15-5-4-6-16(9-15)32(2)20(36)13-33-8-7-29-19(35)12-33/h4-6,9,11,30H,3,7-8,12-14H2,1-2H3,(H,29,35)(H,31,37)/b18-11+,23-17-. The second kappa shape index (κ2) is 12.6. The number of alkyl halides is 3. The molecular formula is C24H26F3N7O4S. The fraction of sp³-hybridized carbons (Fsp3) is 0.375. The van der Waals surface area contributed by atoms with Gasteiger partial charge in [0.1, 0.15) is 21.8 Å². The molecule has 3 amide bonds. The van der Waals surface area contributed by atoms with Crippen LogP contribution in [-0.2, 0) is 20.9 Å². The maximum Gasteiger partial charge on any atom is 0.405 e. The largest absolute Gasteiger partial charge is 0.405 e. The van der Waals surface area contributed by atoms with E-state index < -0.39 is 29.8 Å². The Bertz CT molecular complexity index is 1480. The molecule has 0 unspecified atom stereocenters. The summed E-state index contributed by atoms with van der Waals surface area (Å²) in [6.45, 7) is 1.32. The fourth-order valence-electron chi connectivity index (χ4n) is 3.68. The minimum atomic E-state index is -4.66. The third-order valence-corrected chi connectivity index (χ3v) is 6.81. The molecule has 0 atom stereocenters. The van der Waals surface area contributed by atoms with Crippen molar-refractivity contribution in [3.8, 4) is 6.07 Å². The average molecular weight is 566 g/mol. The molecule has 0 spiro atoms. The van der Waals surface area contributed by atoms with Crippen molar-refractivity contribution in [2.75, 3.05) is 50.0 Å². The van der Waals surface area contributed by atoms with Crippen LogP contribution in [0, 0.1) is 11.3 Å². The van der Waals surface area contributed by atoms with Crippen molar-refractivity contribution in [2.24, 2.45) is 0 Å². The van der Waals surface area contributed by atoms with Gasteiger partial charge in [0.15, 0.2) is 5.57 Å². The maximum absolute atomic E-state index is 12.9. The molecule has 0 bridgehead atoms. The smallest absolute Gasteiger partial charge is 0.360 e. The van der Waals surface area contributed by atoms with Crippen LogP contribution in [0.3, 0.4) is 0 Å². The van der Waals surface area contributed by atoms with Gasteiger partial charge < -0.3 is 20.9 Å². The lowest BCUT2D eigenvalue weighted by Crippen LogP contribution is -2.50. The van der Waals surface area contributed by atoms with Crippen LogP contribution in [-0.4, -0.2) is 73.1 Å². The molecule has 15 heteroatoms. The molecule has 0 saturated carbocycles. The van der Waals surface area contributed by atoms with E-state index in [0.29, 0.717) is 24.5 Å². The number of amides is 3. The van der Waals surface area contributed by atoms with Gasteiger partial charge in [-0.2, -0.15) is 18.4 Å². The van der Waals surface area contributed by atoms with E-state index in [-0.39, 0.29) is 40.6 Å². The second-order valence-corrected chi connectivity index (χ2v) is 9.49. The molecule has 3 N–H and O–H groups in total. The summed E-state index contributed by atoms with van der Waals surface area (Å²) >= 11 is 0.787. The zero-order valence-corrected chi connectivity index (χ0v) is 21.9. The van der Waals surface area contributed by atoms with Gasteiger partial charge in [0.05, 0.1) is 13.1 Å². The zero-order chi connectivity index (χ0) is 28.7. The van der Waals surface area contributed by atoms with Crippen molar-refractivity contribution in [3.63, 3.8) is 0 Å². The molecule has 0 aliphatic carbocycles. The Labute approximate surface area is 224 Å². The number of thiazole rings is 1. The van der Waals surface area contributed by atoms with Crippen LogP contribution >= 0.6 is 11.3 Å². The van der Waals surface area contributed by atoms with Crippen LogP contribution in [0.4, 0.5) is 24.5 Å². The van der Waals surface area contributed by atoms with Gasteiger partial charge in [-0.15, -0.1) is 11.3 Å². The summed E-state index contributed by atoms with van der Waals surface area (Å²) in [4.78, 5) is 52.6. The lowest BCUT2D eigenvalue weighted by Gasteiger charge is -2.28. The number of nitriles is 1. The summed E-state index contributed by atoms with van der Waals surface area (Å²) < 4.78 is 38.7. The minimum absolute atomic E-state index is 0.0660. The fourth-order valence-corrected chi connectivity index (χ4v) is 4.76. The van der Waals surface area contributed by atoms with Gasteiger partial charge in [-0.1, -0.05) is 6.07 Å². The van der Waals surface area contributed by atoms with Crippen LogP contribution in [0.5, 0.6) is 0 Å². The van der Waals surface area contributed by atoms with E-state index in [4.69, 9.17) is 0 Å². The third-order valence-electron chi connectivity index (χ3n) is 5.68. The number of rotatable bonds is 8. The predicted octanol–water partition coefficient (Wildman–Crippen LogP) is -0.473. The molecule has 39 heavy (non-hydrogen) atoms. The average Bonchev–Trinajstić information content (AvgIpc) is 3.20. The first-order valence-corrected chi connectivity index (χ1v) is 12.6. The minimum Gasteiger partial charge on any atom is -0.360 e. The van der Waals surface area contributed by atoms with Crippen LogP contribution in [0.1, 0.15) is 6.92 Å². The molecule has 3 rings (SSSR count). The number of anilines is 2. The molecule has 208 valence electrons. The van der Waals surface area contributed by atoms with Crippen LogP contribution < -0.4 is 35.6 Å². The second-order valence-electron chi connectivity index (χ2n) is 8.46. The number of likely N-dealkylation sites (N-methyl/N-ethyl adjacent to an activating group) is 1. The monoisotopic (exact) mass is 565 g/mol. The summed E-state index contributed by atoms with van der Waals surface area (Å²) in [5.41, 5.74) is -0.0556. The van der Waals surface area contributed by atoms with Gasteiger partial charge in [0, 0.05) is 44.3 Å². The molecule has 1 aromatic heterocycles. The Hall–Kier alpha value is -4.16. The molecule has 11 nitrogen and oxygen atoms in total. The molecule has 1 aliphatic heterocycles. The number of aromatic nitrogens is 1. The Balaban J connectivity index is 1.83. The number of halogens is 3. The molecule has 2 aromatic rings. The number of carbonyl (C=O) groups excluding carboxylic acids is 3. The van der Waals surface area contributed by atoms with Crippen molar-refractivity contribution < 1.29 is 27.6 Å². The Morgan fingerprint density at radius 3 is 2.69 bits per heavy atom. The first kappa shape index (κ1) is 29.4. The molecule has 2 heterocycles. The van der Waals surface area contributed by atoms with Crippen molar-refractivity contribution in [2.45, 2.75) is 19.6 Å². The summed E-state index contributed by atoms with van der Waals surface area (Å²) in [5.74, 6) is -1.59. The number of hydrogen-bond acceptors (Lipinski definition) is 8. The topological polar surface area (TPSA) is 140 Å². The summed E-state index contributed by atoms with van der Waals surface area (Å²) in [6.07, 6.45) is -3.30. The first-order chi connectivity index (χ1) is 18.4. The zero-order valence-electron chi connectivity index (χ0n) is 21.1. The molecule has 1 fully saturated rings. The van der Waals surface area contributed by atoms with E-state index in [0.717, 1.165) is 15.9 Å². The molecule has 1 aromatic carbocycles. The Morgan fingerprint density at radius 2 is 2.05 bits per heavy atom. The summed E-state index contributed by atoms with van der Waals surface area (Å²) in [7, 11) is 1.60. The van der Waals surface area contributed by atoms with E-state index in [1.807, 2.05) is 0 Å². The van der Waals surface area contributed by atoms with Crippen molar-refractivity contribution in [1.29, 1.82) is 5.26 Å². The van der Waals surface area contributed by atoms with Gasteiger partial charge in [0.2, 0.25) is 11.8 Å². The Morgan fingerprint density at radius 1 is 1.31 bits per heavy atom. The molecule has 1 aliphatic rings. The third kappa shape index (κ3) is 7.68. The maximum atomic E-state index is 12.9. The van der Waals surface area contributed by atoms with E-state index in [1.165, 1.54) is 11.1 Å². The Kier molecular flexibility index (Phi) is 9.49. The SMILES string of the molecule is CCn1c(=O)/c(=C\Nc2cccc(N(C)C(=O)CN3CCNC(=O)C3)c2)s/c1=C(/C#N)C(=O)NCC(F)(F)F. The van der Waals surface area contributed by atoms with Gasteiger partial charge in [-0.25, -0.2) is 0 Å². The van der Waals surface area contributed by atoms with Gasteiger partial charge >= 0.3 is 6.18 Å². The van der Waals surface area contributed by atoms with Gasteiger partial charge in [-0.3, -0.25) is 28.6 Å². The summed E-state index contributed by atoms with van der Waals surface area (Å²) in [6, 6.07) is 8.37. The van der Waals surface area contributed by atoms with Crippen molar-refractivity contribution >= 4 is 52.2 Å². The van der Waals surface area contributed by atoms with E-state index in [9.17, 15) is 37.6 Å². The highest BCUT2D eigenvalue weighted by Gasteiger charge is 2.29. The molecular weight excluding hydrogens is 539 g/mol. The highest BCUT2D eigenvalue weighted by molar-refractivity contribution is 7.07. The van der Waals surface area contributed by atoms with Crippen LogP contribution in [0.25, 0.3) is 11.8 Å². The normalized spacial score (nSPS) is 15.3. The van der Waals surface area contributed by atoms with Gasteiger partial charge in [-0.05, 0) is 25.1 Å². The van der Waals surface area contributed by atoms with E-state index >= 15 is 0 Å². The molecule has 1 saturated heterocycles. The number of benzene rings is 1. The predicted molar refractivity (Wildman–Crippen MR) is 139 cm³/mol. The lowest BCUT2D eigenvalue weighted by molar-refractivity contribution is -0.135. The highest BCUT2D eigenvalue weighted by Crippen LogP contribution is 2.19. The van der Waals surface area contributed by atoms with Crippen molar-refractivity contribution in [3.05, 3.63) is 43.8 Å². The van der Waals surface area contributed by atoms with Gasteiger partial charge in [0.25, 0.3) is 11.5 Å². The first-order valence-electron chi connectivity index (χ1n) is 11.7.